The first-order chi connectivity index (χ1) is 8.31. The predicted molar refractivity (Wildman–Crippen MR) is 69.5 cm³/mol. The van der Waals surface area contributed by atoms with E-state index < -0.39 is 18.3 Å². The highest BCUT2D eigenvalue weighted by molar-refractivity contribution is 5.93. The monoisotopic (exact) mass is 249 g/mol. The molecular formula is C14H19NO3. The molecule has 0 aromatic heterocycles. The number of carbonyl (C=O) groups excluding carboxylic acids is 1. The van der Waals surface area contributed by atoms with E-state index in [1.165, 1.54) is 5.56 Å². The number of rotatable bonds is 5. The van der Waals surface area contributed by atoms with Crippen LogP contribution < -0.4 is 5.32 Å². The lowest BCUT2D eigenvalue weighted by Crippen LogP contribution is -2.37. The quantitative estimate of drug-likeness (QED) is 0.783. The van der Waals surface area contributed by atoms with Crippen molar-refractivity contribution in [3.8, 4) is 0 Å². The molecule has 0 fully saturated rings. The van der Waals surface area contributed by atoms with Crippen molar-refractivity contribution >= 4 is 11.9 Å². The summed E-state index contributed by atoms with van der Waals surface area (Å²) in [5.41, 5.74) is 2.08. The van der Waals surface area contributed by atoms with Crippen LogP contribution in [0.5, 0.6) is 0 Å². The fourth-order valence-electron chi connectivity index (χ4n) is 1.63. The van der Waals surface area contributed by atoms with Gasteiger partial charge in [-0.1, -0.05) is 43.7 Å². The molecule has 0 saturated heterocycles. The fraction of sp³-hybridized carbons (Fsp3) is 0.429. The van der Waals surface area contributed by atoms with E-state index >= 15 is 0 Å². The van der Waals surface area contributed by atoms with Crippen LogP contribution in [0.25, 0.3) is 0 Å². The van der Waals surface area contributed by atoms with Crippen molar-refractivity contribution in [3.63, 3.8) is 0 Å². The highest BCUT2D eigenvalue weighted by Crippen LogP contribution is 2.22. The van der Waals surface area contributed by atoms with Crippen LogP contribution in [0, 0.1) is 6.92 Å². The van der Waals surface area contributed by atoms with Gasteiger partial charge in [-0.2, -0.15) is 0 Å². The molecule has 4 nitrogen and oxygen atoms in total. The average Bonchev–Trinajstić information content (AvgIpc) is 2.26. The molecule has 0 bridgehead atoms. The molecule has 1 aromatic rings. The maximum atomic E-state index is 11.3. The zero-order chi connectivity index (χ0) is 13.8. The summed E-state index contributed by atoms with van der Waals surface area (Å²) >= 11 is 0. The van der Waals surface area contributed by atoms with Crippen LogP contribution in [-0.4, -0.2) is 23.5 Å². The number of aliphatic carboxylic acids is 1. The standard InChI is InChI=1S/C14H19NO3/c1-10-4-6-11(7-5-10)14(2,3)9-15-12(16)8-13(17)18/h4-7H,8-9H2,1-3H3,(H,15,16)(H,17,18). The third-order valence-electron chi connectivity index (χ3n) is 2.87. The van der Waals surface area contributed by atoms with Crippen molar-refractivity contribution in [2.45, 2.75) is 32.6 Å². The van der Waals surface area contributed by atoms with Gasteiger partial charge in [0.25, 0.3) is 0 Å². The van der Waals surface area contributed by atoms with E-state index in [0.717, 1.165) is 5.56 Å². The van der Waals surface area contributed by atoms with Gasteiger partial charge in [0.1, 0.15) is 6.42 Å². The molecular weight excluding hydrogens is 230 g/mol. The lowest BCUT2D eigenvalue weighted by atomic mass is 9.84. The predicted octanol–water partition coefficient (Wildman–Crippen LogP) is 1.86. The summed E-state index contributed by atoms with van der Waals surface area (Å²) in [6, 6.07) is 8.10. The van der Waals surface area contributed by atoms with E-state index in [9.17, 15) is 9.59 Å². The molecule has 0 aliphatic rings. The van der Waals surface area contributed by atoms with Crippen molar-refractivity contribution in [3.05, 3.63) is 35.4 Å². The van der Waals surface area contributed by atoms with E-state index in [4.69, 9.17) is 5.11 Å². The van der Waals surface area contributed by atoms with Crippen molar-refractivity contribution in [2.24, 2.45) is 0 Å². The second-order valence-electron chi connectivity index (χ2n) is 5.10. The van der Waals surface area contributed by atoms with Crippen molar-refractivity contribution < 1.29 is 14.7 Å². The van der Waals surface area contributed by atoms with E-state index in [-0.39, 0.29) is 5.41 Å². The number of hydrogen-bond acceptors (Lipinski definition) is 2. The second-order valence-corrected chi connectivity index (χ2v) is 5.10. The van der Waals surface area contributed by atoms with Crippen molar-refractivity contribution in [1.82, 2.24) is 5.32 Å². The van der Waals surface area contributed by atoms with Gasteiger partial charge in [0, 0.05) is 12.0 Å². The summed E-state index contributed by atoms with van der Waals surface area (Å²) in [5, 5.41) is 11.1. The molecule has 0 heterocycles. The van der Waals surface area contributed by atoms with Gasteiger partial charge in [0.05, 0.1) is 0 Å². The Morgan fingerprint density at radius 2 is 1.78 bits per heavy atom. The van der Waals surface area contributed by atoms with E-state index in [1.54, 1.807) is 0 Å². The van der Waals surface area contributed by atoms with Crippen LogP contribution in [0.2, 0.25) is 0 Å². The third-order valence-corrected chi connectivity index (χ3v) is 2.87. The Morgan fingerprint density at radius 1 is 1.22 bits per heavy atom. The number of benzene rings is 1. The van der Waals surface area contributed by atoms with E-state index in [1.807, 2.05) is 45.0 Å². The maximum Gasteiger partial charge on any atom is 0.312 e. The number of carboxylic acids is 1. The van der Waals surface area contributed by atoms with Gasteiger partial charge in [0.15, 0.2) is 0 Å². The molecule has 0 aliphatic carbocycles. The largest absolute Gasteiger partial charge is 0.481 e. The number of aryl methyl sites for hydroxylation is 1. The van der Waals surface area contributed by atoms with Gasteiger partial charge in [-0.25, -0.2) is 0 Å². The Labute approximate surface area is 107 Å². The number of nitrogens with one attached hydrogen (secondary N) is 1. The number of carbonyl (C=O) groups is 2. The minimum Gasteiger partial charge on any atom is -0.481 e. The Kier molecular flexibility index (Phi) is 4.48. The first-order valence-corrected chi connectivity index (χ1v) is 5.87. The normalized spacial score (nSPS) is 11.1. The van der Waals surface area contributed by atoms with Crippen LogP contribution >= 0.6 is 0 Å². The van der Waals surface area contributed by atoms with Crippen LogP contribution in [0.15, 0.2) is 24.3 Å². The number of hydrogen-bond donors (Lipinski definition) is 2. The Hall–Kier alpha value is -1.84. The molecule has 1 amide bonds. The molecule has 2 N–H and O–H groups in total. The summed E-state index contributed by atoms with van der Waals surface area (Å²) < 4.78 is 0. The second kappa shape index (κ2) is 5.67. The van der Waals surface area contributed by atoms with Gasteiger partial charge in [-0.15, -0.1) is 0 Å². The summed E-state index contributed by atoms with van der Waals surface area (Å²) in [7, 11) is 0. The van der Waals surface area contributed by atoms with Crippen LogP contribution in [0.3, 0.4) is 0 Å². The number of amides is 1. The Bertz CT molecular complexity index is 435. The highest BCUT2D eigenvalue weighted by atomic mass is 16.4. The van der Waals surface area contributed by atoms with Gasteiger partial charge >= 0.3 is 5.97 Å². The molecule has 4 heteroatoms. The van der Waals surface area contributed by atoms with Crippen LogP contribution in [-0.2, 0) is 15.0 Å². The zero-order valence-electron chi connectivity index (χ0n) is 11.0. The summed E-state index contributed by atoms with van der Waals surface area (Å²) in [4.78, 5) is 21.7. The smallest absolute Gasteiger partial charge is 0.312 e. The third kappa shape index (κ3) is 4.20. The Morgan fingerprint density at radius 3 is 2.28 bits per heavy atom. The fourth-order valence-corrected chi connectivity index (χ4v) is 1.63. The van der Waals surface area contributed by atoms with Crippen molar-refractivity contribution in [1.29, 1.82) is 0 Å². The highest BCUT2D eigenvalue weighted by Gasteiger charge is 2.21. The average molecular weight is 249 g/mol. The van der Waals surface area contributed by atoms with E-state index in [2.05, 4.69) is 5.32 Å². The molecule has 0 aliphatic heterocycles. The lowest BCUT2D eigenvalue weighted by Gasteiger charge is -2.25. The van der Waals surface area contributed by atoms with E-state index in [0.29, 0.717) is 6.54 Å². The van der Waals surface area contributed by atoms with Gasteiger partial charge in [-0.05, 0) is 12.5 Å². The van der Waals surface area contributed by atoms with Crippen LogP contribution in [0.1, 0.15) is 31.4 Å². The van der Waals surface area contributed by atoms with Gasteiger partial charge in [0.2, 0.25) is 5.91 Å². The molecule has 0 spiro atoms. The minimum atomic E-state index is -1.11. The molecule has 1 aromatic carbocycles. The van der Waals surface area contributed by atoms with Gasteiger partial charge in [-0.3, -0.25) is 9.59 Å². The van der Waals surface area contributed by atoms with Crippen LogP contribution in [0.4, 0.5) is 0 Å². The summed E-state index contributed by atoms with van der Waals surface area (Å²) in [5.74, 6) is -1.57. The summed E-state index contributed by atoms with van der Waals surface area (Å²) in [6.45, 7) is 6.46. The molecule has 1 rings (SSSR count). The number of carboxylic acid groups (broad SMARTS) is 1. The topological polar surface area (TPSA) is 66.4 Å². The molecule has 98 valence electrons. The Balaban J connectivity index is 2.62. The maximum absolute atomic E-state index is 11.3. The zero-order valence-corrected chi connectivity index (χ0v) is 11.0. The first kappa shape index (κ1) is 14.2. The molecule has 0 radical (unpaired) electrons. The van der Waals surface area contributed by atoms with Gasteiger partial charge < -0.3 is 10.4 Å². The minimum absolute atomic E-state index is 0.220. The molecule has 0 atom stereocenters. The SMILES string of the molecule is Cc1ccc(C(C)(C)CNC(=O)CC(=O)O)cc1. The van der Waals surface area contributed by atoms with Crippen molar-refractivity contribution in [2.75, 3.05) is 6.54 Å². The molecule has 0 unspecified atom stereocenters. The molecule has 0 saturated carbocycles. The summed E-state index contributed by atoms with van der Waals surface area (Å²) in [6.07, 6.45) is -0.482. The lowest BCUT2D eigenvalue weighted by molar-refractivity contribution is -0.140. The first-order valence-electron chi connectivity index (χ1n) is 5.87. The molecule has 18 heavy (non-hydrogen) atoms.